The Morgan fingerprint density at radius 3 is 2.55 bits per heavy atom. The number of aryl methyl sites for hydroxylation is 1. The van der Waals surface area contributed by atoms with E-state index in [-0.39, 0.29) is 0 Å². The zero-order valence-electron chi connectivity index (χ0n) is 19.3. The largest absolute Gasteiger partial charge is 0.479 e. The average molecular weight is 436 g/mol. The molecule has 5 heteroatoms. The summed E-state index contributed by atoms with van der Waals surface area (Å²) in [6.45, 7) is 5.57. The number of benzene rings is 2. The number of nitriles is 1. The first-order valence-electron chi connectivity index (χ1n) is 10.4. The van der Waals surface area contributed by atoms with E-state index in [0.29, 0.717) is 12.5 Å². The second kappa shape index (κ2) is 9.53. The molecule has 0 N–H and O–H groups in total. The molecule has 0 spiro atoms. The predicted molar refractivity (Wildman–Crippen MR) is 134 cm³/mol. The van der Waals surface area contributed by atoms with Crippen LogP contribution in [-0.2, 0) is 24.8 Å². The van der Waals surface area contributed by atoms with Gasteiger partial charge in [0.25, 0.3) is 0 Å². The molecule has 0 unspecified atom stereocenters. The first kappa shape index (κ1) is 22.8. The second-order valence-corrected chi connectivity index (χ2v) is 13.5. The van der Waals surface area contributed by atoms with E-state index in [1.165, 1.54) is 16.7 Å². The summed E-state index contributed by atoms with van der Waals surface area (Å²) < 4.78 is 7.91. The Morgan fingerprint density at radius 2 is 1.87 bits per heavy atom. The van der Waals surface area contributed by atoms with Crippen molar-refractivity contribution < 1.29 is 4.74 Å². The van der Waals surface area contributed by atoms with E-state index < -0.39 is 10.0 Å². The van der Waals surface area contributed by atoms with Crippen molar-refractivity contribution in [2.24, 2.45) is 7.05 Å². The number of ether oxygens (including phenoxy) is 1. The van der Waals surface area contributed by atoms with Gasteiger partial charge in [0.05, 0.1) is 12.2 Å². The number of hydrogen-bond donors (Lipinski definition) is 0. The molecule has 31 heavy (non-hydrogen) atoms. The van der Waals surface area contributed by atoms with Gasteiger partial charge in [-0.2, -0.15) is 5.26 Å². The summed E-state index contributed by atoms with van der Waals surface area (Å²) in [5, 5.41) is 10.5. The molecule has 0 saturated carbocycles. The van der Waals surface area contributed by atoms with Crippen LogP contribution < -0.4 is 0 Å². The topological polar surface area (TPSA) is 41.2 Å². The van der Waals surface area contributed by atoms with Crippen LogP contribution in [0.5, 0.6) is 0 Å². The van der Waals surface area contributed by atoms with Gasteiger partial charge in [-0.3, -0.25) is 0 Å². The third-order valence-electron chi connectivity index (χ3n) is 5.48. The van der Waals surface area contributed by atoms with Crippen LogP contribution in [0.2, 0.25) is 0 Å². The van der Waals surface area contributed by atoms with E-state index >= 15 is 0 Å². The van der Waals surface area contributed by atoms with Crippen molar-refractivity contribution in [3.8, 4) is 6.07 Å². The summed E-state index contributed by atoms with van der Waals surface area (Å²) in [4.78, 5) is 2.07. The van der Waals surface area contributed by atoms with Crippen LogP contribution in [0.3, 0.4) is 0 Å². The molecule has 0 fully saturated rings. The van der Waals surface area contributed by atoms with Crippen molar-refractivity contribution in [3.63, 3.8) is 0 Å². The van der Waals surface area contributed by atoms with Crippen LogP contribution in [0.15, 0.2) is 61.1 Å². The second-order valence-electron chi connectivity index (χ2n) is 8.96. The molecule has 0 atom stereocenters. The maximum absolute atomic E-state index is 9.44. The van der Waals surface area contributed by atoms with Gasteiger partial charge in [-0.15, -0.1) is 0 Å². The zero-order chi connectivity index (χ0) is 22.6. The van der Waals surface area contributed by atoms with Gasteiger partial charge in [0, 0.05) is 43.5 Å². The van der Waals surface area contributed by atoms with Crippen molar-refractivity contribution in [3.05, 3.63) is 83.4 Å². The SMILES string of the molecule is C=C(OCCS(C)(C)C)N(C)Cc1ccccc1Cc1ccc2c(c1)c(C#N)cn2C. The van der Waals surface area contributed by atoms with Crippen LogP contribution in [0.1, 0.15) is 22.3 Å². The maximum atomic E-state index is 9.44. The summed E-state index contributed by atoms with van der Waals surface area (Å²) in [6, 6.07) is 17.2. The zero-order valence-corrected chi connectivity index (χ0v) is 20.1. The number of rotatable bonds is 9. The fraction of sp³-hybridized carbons (Fsp3) is 0.346. The van der Waals surface area contributed by atoms with Crippen molar-refractivity contribution in [1.29, 1.82) is 5.26 Å². The molecule has 1 heterocycles. The average Bonchev–Trinajstić information content (AvgIpc) is 3.03. The third kappa shape index (κ3) is 5.86. The molecule has 0 aliphatic rings. The van der Waals surface area contributed by atoms with Crippen LogP contribution in [0.4, 0.5) is 0 Å². The van der Waals surface area contributed by atoms with Crippen LogP contribution in [0, 0.1) is 11.3 Å². The van der Waals surface area contributed by atoms with Crippen molar-refractivity contribution in [2.45, 2.75) is 13.0 Å². The molecule has 0 radical (unpaired) electrons. The van der Waals surface area contributed by atoms with Crippen LogP contribution in [0.25, 0.3) is 10.9 Å². The lowest BCUT2D eigenvalue weighted by atomic mass is 9.98. The van der Waals surface area contributed by atoms with Gasteiger partial charge in [0.2, 0.25) is 0 Å². The minimum atomic E-state index is -0.571. The van der Waals surface area contributed by atoms with Gasteiger partial charge in [0.15, 0.2) is 5.88 Å². The maximum Gasteiger partial charge on any atom is 0.181 e. The van der Waals surface area contributed by atoms with Gasteiger partial charge in [0.1, 0.15) is 6.07 Å². The highest BCUT2D eigenvalue weighted by atomic mass is 32.3. The Balaban J connectivity index is 1.73. The smallest absolute Gasteiger partial charge is 0.181 e. The summed E-state index contributed by atoms with van der Waals surface area (Å²) in [5.74, 6) is 1.78. The van der Waals surface area contributed by atoms with E-state index in [1.54, 1.807) is 0 Å². The van der Waals surface area contributed by atoms with Crippen LogP contribution in [-0.4, -0.2) is 47.6 Å². The molecule has 0 amide bonds. The first-order chi connectivity index (χ1) is 14.7. The van der Waals surface area contributed by atoms with Gasteiger partial charge in [-0.05, 0) is 60.6 Å². The highest BCUT2D eigenvalue weighted by Crippen LogP contribution is 2.33. The molecule has 0 bridgehead atoms. The van der Waals surface area contributed by atoms with Crippen molar-refractivity contribution >= 4 is 20.9 Å². The number of hydrogen-bond acceptors (Lipinski definition) is 3. The van der Waals surface area contributed by atoms with E-state index in [1.807, 2.05) is 24.9 Å². The molecule has 0 saturated heterocycles. The fourth-order valence-electron chi connectivity index (χ4n) is 3.61. The normalized spacial score (nSPS) is 11.9. The van der Waals surface area contributed by atoms with E-state index in [2.05, 4.69) is 78.8 Å². The van der Waals surface area contributed by atoms with Gasteiger partial charge >= 0.3 is 0 Å². The molecule has 3 rings (SSSR count). The van der Waals surface area contributed by atoms with Crippen molar-refractivity contribution in [2.75, 3.05) is 38.2 Å². The third-order valence-corrected chi connectivity index (χ3v) is 6.88. The van der Waals surface area contributed by atoms with Gasteiger partial charge in [-0.25, -0.2) is 10.0 Å². The monoisotopic (exact) mass is 435 g/mol. The molecule has 164 valence electrons. The van der Waals surface area contributed by atoms with E-state index in [0.717, 1.165) is 35.2 Å². The Kier molecular flexibility index (Phi) is 7.02. The number of aromatic nitrogens is 1. The Bertz CT molecular complexity index is 1120. The fourth-order valence-corrected chi connectivity index (χ4v) is 4.19. The lowest BCUT2D eigenvalue weighted by Crippen LogP contribution is -2.21. The molecular weight excluding hydrogens is 402 g/mol. The molecule has 4 nitrogen and oxygen atoms in total. The lowest BCUT2D eigenvalue weighted by molar-refractivity contribution is 0.137. The van der Waals surface area contributed by atoms with E-state index in [9.17, 15) is 5.26 Å². The summed E-state index contributed by atoms with van der Waals surface area (Å²) in [5.41, 5.74) is 5.53. The molecular formula is C26H33N3OS. The van der Waals surface area contributed by atoms with Crippen LogP contribution >= 0.6 is 10.0 Å². The quantitative estimate of drug-likeness (QED) is 0.431. The molecule has 0 aliphatic carbocycles. The summed E-state index contributed by atoms with van der Waals surface area (Å²) in [6.07, 6.45) is 9.60. The number of nitrogens with zero attached hydrogens (tertiary/aromatic N) is 3. The van der Waals surface area contributed by atoms with Gasteiger partial charge in [-0.1, -0.05) is 30.3 Å². The molecule has 3 aromatic rings. The highest BCUT2D eigenvalue weighted by Gasteiger charge is 2.12. The van der Waals surface area contributed by atoms with Gasteiger partial charge < -0.3 is 14.2 Å². The number of fused-ring (bicyclic) bond motifs is 1. The Hall–Kier alpha value is -2.84. The summed E-state index contributed by atoms with van der Waals surface area (Å²) >= 11 is 0. The summed E-state index contributed by atoms with van der Waals surface area (Å²) in [7, 11) is 3.43. The highest BCUT2D eigenvalue weighted by molar-refractivity contribution is 8.32. The molecule has 0 aliphatic heterocycles. The Labute approximate surface area is 188 Å². The minimum Gasteiger partial charge on any atom is -0.479 e. The molecule has 1 aromatic heterocycles. The minimum absolute atomic E-state index is 0.571. The predicted octanol–water partition coefficient (Wildman–Crippen LogP) is 5.25. The Morgan fingerprint density at radius 1 is 1.16 bits per heavy atom. The standard InChI is InChI=1S/C26H33N3OS/c1-20(30-13-14-31(4,5)6)28(2)18-23-10-8-7-9-22(23)15-21-11-12-26-25(16-21)24(17-27)19-29(26)3/h7-12,16,19H,1,13-15,18H2,2-6H3. The lowest BCUT2D eigenvalue weighted by Gasteiger charge is -2.27. The van der Waals surface area contributed by atoms with E-state index in [4.69, 9.17) is 4.74 Å². The molecule has 2 aromatic carbocycles. The first-order valence-corrected chi connectivity index (χ1v) is 13.4. The van der Waals surface area contributed by atoms with Crippen molar-refractivity contribution in [1.82, 2.24) is 9.47 Å².